The van der Waals surface area contributed by atoms with Crippen LogP contribution in [0.2, 0.25) is 0 Å². The molecule has 3 heteroatoms. The third-order valence-corrected chi connectivity index (χ3v) is 4.06. The van der Waals surface area contributed by atoms with Crippen molar-refractivity contribution < 1.29 is 4.39 Å². The lowest BCUT2D eigenvalue weighted by atomic mass is 10.1. The van der Waals surface area contributed by atoms with Crippen molar-refractivity contribution in [3.8, 4) is 0 Å². The number of nitrogens with zero attached hydrogens (tertiary/aromatic N) is 1. The molecule has 0 aromatic heterocycles. The summed E-state index contributed by atoms with van der Waals surface area (Å²) >= 11 is 0. The third kappa shape index (κ3) is 7.71. The van der Waals surface area contributed by atoms with Gasteiger partial charge < -0.3 is 5.32 Å². The first-order valence-electron chi connectivity index (χ1n) is 8.95. The fourth-order valence-electron chi connectivity index (χ4n) is 2.79. The van der Waals surface area contributed by atoms with Crippen molar-refractivity contribution in [3.63, 3.8) is 0 Å². The summed E-state index contributed by atoms with van der Waals surface area (Å²) in [5.41, 5.74) is 2.70. The van der Waals surface area contributed by atoms with Crippen LogP contribution in [-0.2, 0) is 13.1 Å². The molecule has 1 N–H and O–H groups in total. The molecule has 2 rings (SSSR count). The Labute approximate surface area is 145 Å². The molecule has 2 aromatic carbocycles. The Bertz CT molecular complexity index is 489. The van der Waals surface area contributed by atoms with Crippen molar-refractivity contribution in [2.45, 2.75) is 32.4 Å². The Balaban J connectivity index is 1.79. The van der Waals surface area contributed by atoms with Crippen molar-refractivity contribution in [1.82, 2.24) is 10.2 Å². The largest absolute Gasteiger partial charge is 0.317 e. The first-order chi connectivity index (χ1) is 11.9. The van der Waals surface area contributed by atoms with Crippen LogP contribution in [0.5, 0.6) is 0 Å². The number of nitrogens with one attached hydrogen (secondary N) is 1. The van der Waals surface area contributed by atoms with Gasteiger partial charge in [0.15, 0.2) is 0 Å². The quantitative estimate of drug-likeness (QED) is 0.580. The summed E-state index contributed by atoms with van der Waals surface area (Å²) < 4.78 is 12.1. The Hall–Kier alpha value is -1.71. The van der Waals surface area contributed by atoms with E-state index in [9.17, 15) is 4.39 Å². The van der Waals surface area contributed by atoms with E-state index in [4.69, 9.17) is 0 Å². The summed E-state index contributed by atoms with van der Waals surface area (Å²) in [4.78, 5) is 2.49. The minimum absolute atomic E-state index is 0.205. The Kier molecular flexibility index (Phi) is 9.13. The SMILES string of the molecule is FCCCCNCCCN(Cc1ccccc1)Cc1ccccc1. The zero-order chi connectivity index (χ0) is 16.9. The molecule has 0 bridgehead atoms. The van der Waals surface area contributed by atoms with E-state index in [0.29, 0.717) is 6.42 Å². The highest BCUT2D eigenvalue weighted by Crippen LogP contribution is 2.10. The molecule has 0 spiro atoms. The van der Waals surface area contributed by atoms with E-state index in [1.165, 1.54) is 11.1 Å². The van der Waals surface area contributed by atoms with Gasteiger partial charge in [0, 0.05) is 19.6 Å². The molecule has 0 radical (unpaired) electrons. The highest BCUT2D eigenvalue weighted by atomic mass is 19.1. The van der Waals surface area contributed by atoms with Crippen molar-refractivity contribution in [3.05, 3.63) is 71.8 Å². The van der Waals surface area contributed by atoms with Gasteiger partial charge in [-0.25, -0.2) is 0 Å². The van der Waals surface area contributed by atoms with Gasteiger partial charge in [-0.15, -0.1) is 0 Å². The maximum atomic E-state index is 12.1. The summed E-state index contributed by atoms with van der Waals surface area (Å²) in [5, 5.41) is 3.41. The maximum absolute atomic E-state index is 12.1. The van der Waals surface area contributed by atoms with Crippen LogP contribution < -0.4 is 5.32 Å². The van der Waals surface area contributed by atoms with Crippen LogP contribution in [0.15, 0.2) is 60.7 Å². The fourth-order valence-corrected chi connectivity index (χ4v) is 2.79. The molecule has 0 unspecified atom stereocenters. The molecule has 0 fully saturated rings. The van der Waals surface area contributed by atoms with Crippen molar-refractivity contribution in [2.75, 3.05) is 26.3 Å². The molecular formula is C21H29FN2. The number of unbranched alkanes of at least 4 members (excludes halogenated alkanes) is 1. The summed E-state index contributed by atoms with van der Waals surface area (Å²) in [7, 11) is 0. The topological polar surface area (TPSA) is 15.3 Å². The summed E-state index contributed by atoms with van der Waals surface area (Å²) in [5.74, 6) is 0. The van der Waals surface area contributed by atoms with Gasteiger partial charge >= 0.3 is 0 Å². The molecule has 0 aliphatic heterocycles. The number of alkyl halides is 1. The average Bonchev–Trinajstić information content (AvgIpc) is 2.62. The Morgan fingerprint density at radius 2 is 1.25 bits per heavy atom. The van der Waals surface area contributed by atoms with E-state index in [1.54, 1.807) is 0 Å². The standard InChI is InChI=1S/C21H29FN2/c22-14-7-8-15-23-16-9-17-24(18-20-10-3-1-4-11-20)19-21-12-5-2-6-13-21/h1-6,10-13,23H,7-9,14-19H2. The van der Waals surface area contributed by atoms with Gasteiger partial charge in [-0.05, 0) is 43.5 Å². The normalized spacial score (nSPS) is 11.1. The number of hydrogen-bond acceptors (Lipinski definition) is 2. The number of hydrogen-bond donors (Lipinski definition) is 1. The molecule has 130 valence electrons. The van der Waals surface area contributed by atoms with Crippen molar-refractivity contribution in [2.24, 2.45) is 0 Å². The van der Waals surface area contributed by atoms with E-state index < -0.39 is 0 Å². The van der Waals surface area contributed by atoms with Gasteiger partial charge in [0.05, 0.1) is 6.67 Å². The lowest BCUT2D eigenvalue weighted by molar-refractivity contribution is 0.252. The van der Waals surface area contributed by atoms with Gasteiger partial charge in [0.25, 0.3) is 0 Å². The average molecular weight is 328 g/mol. The lowest BCUT2D eigenvalue weighted by Crippen LogP contribution is -2.27. The summed E-state index contributed by atoms with van der Waals surface area (Å²) in [6.45, 7) is 4.70. The summed E-state index contributed by atoms with van der Waals surface area (Å²) in [6.07, 6.45) is 2.70. The molecule has 24 heavy (non-hydrogen) atoms. The summed E-state index contributed by atoms with van der Waals surface area (Å²) in [6, 6.07) is 21.3. The fraction of sp³-hybridized carbons (Fsp3) is 0.429. The van der Waals surface area contributed by atoms with Crippen LogP contribution in [0.1, 0.15) is 30.4 Å². The first-order valence-corrected chi connectivity index (χ1v) is 8.95. The number of rotatable bonds is 12. The molecule has 0 amide bonds. The molecule has 0 atom stereocenters. The van der Waals surface area contributed by atoms with Crippen LogP contribution in [0.4, 0.5) is 4.39 Å². The molecule has 0 heterocycles. The molecule has 0 aliphatic carbocycles. The monoisotopic (exact) mass is 328 g/mol. The van der Waals surface area contributed by atoms with Gasteiger partial charge in [0.1, 0.15) is 0 Å². The minimum atomic E-state index is -0.205. The predicted molar refractivity (Wildman–Crippen MR) is 99.7 cm³/mol. The predicted octanol–water partition coefficient (Wildman–Crippen LogP) is 4.42. The number of benzene rings is 2. The van der Waals surface area contributed by atoms with Crippen LogP contribution in [-0.4, -0.2) is 31.2 Å². The second-order valence-electron chi connectivity index (χ2n) is 6.18. The molecule has 0 saturated heterocycles. The van der Waals surface area contributed by atoms with Gasteiger partial charge in [-0.2, -0.15) is 0 Å². The maximum Gasteiger partial charge on any atom is 0.0894 e. The second-order valence-corrected chi connectivity index (χ2v) is 6.18. The molecule has 0 aliphatic rings. The Morgan fingerprint density at radius 1 is 0.708 bits per heavy atom. The lowest BCUT2D eigenvalue weighted by Gasteiger charge is -2.23. The highest BCUT2D eigenvalue weighted by Gasteiger charge is 2.07. The Morgan fingerprint density at radius 3 is 1.79 bits per heavy atom. The minimum Gasteiger partial charge on any atom is -0.317 e. The number of halogens is 1. The third-order valence-electron chi connectivity index (χ3n) is 4.06. The molecule has 0 saturated carbocycles. The van der Waals surface area contributed by atoms with Crippen molar-refractivity contribution in [1.29, 1.82) is 0 Å². The van der Waals surface area contributed by atoms with E-state index in [-0.39, 0.29) is 6.67 Å². The van der Waals surface area contributed by atoms with E-state index in [2.05, 4.69) is 70.9 Å². The van der Waals surface area contributed by atoms with Crippen LogP contribution in [0, 0.1) is 0 Å². The van der Waals surface area contributed by atoms with Gasteiger partial charge in [0.2, 0.25) is 0 Å². The van der Waals surface area contributed by atoms with E-state index >= 15 is 0 Å². The van der Waals surface area contributed by atoms with Crippen LogP contribution in [0.3, 0.4) is 0 Å². The smallest absolute Gasteiger partial charge is 0.0894 e. The van der Waals surface area contributed by atoms with Crippen LogP contribution >= 0.6 is 0 Å². The second kappa shape index (κ2) is 11.8. The zero-order valence-corrected chi connectivity index (χ0v) is 14.5. The van der Waals surface area contributed by atoms with Crippen LogP contribution in [0.25, 0.3) is 0 Å². The molecule has 2 nitrogen and oxygen atoms in total. The van der Waals surface area contributed by atoms with Gasteiger partial charge in [-0.1, -0.05) is 60.7 Å². The van der Waals surface area contributed by atoms with Crippen molar-refractivity contribution >= 4 is 0 Å². The zero-order valence-electron chi connectivity index (χ0n) is 14.5. The van der Waals surface area contributed by atoms with E-state index in [1.807, 2.05) is 0 Å². The molecular weight excluding hydrogens is 299 g/mol. The van der Waals surface area contributed by atoms with E-state index in [0.717, 1.165) is 45.6 Å². The van der Waals surface area contributed by atoms with Gasteiger partial charge in [-0.3, -0.25) is 9.29 Å². The molecule has 2 aromatic rings. The first kappa shape index (κ1) is 18.6. The highest BCUT2D eigenvalue weighted by molar-refractivity contribution is 5.17.